The van der Waals surface area contributed by atoms with Gasteiger partial charge in [0.25, 0.3) is 5.91 Å². The number of amides is 1. The van der Waals surface area contributed by atoms with Crippen LogP contribution in [0.5, 0.6) is 0 Å². The molecule has 5 rings (SSSR count). The molecule has 4 aliphatic rings. The van der Waals surface area contributed by atoms with Crippen molar-refractivity contribution in [1.82, 2.24) is 0 Å². The molecule has 152 valence electrons. The van der Waals surface area contributed by atoms with Crippen molar-refractivity contribution in [3.63, 3.8) is 0 Å². The molecule has 4 aliphatic carbocycles. The van der Waals surface area contributed by atoms with Crippen LogP contribution in [0.4, 0.5) is 18.9 Å². The van der Waals surface area contributed by atoms with Crippen molar-refractivity contribution in [3.05, 3.63) is 29.6 Å². The van der Waals surface area contributed by atoms with Crippen molar-refractivity contribution < 1.29 is 27.5 Å². The lowest BCUT2D eigenvalue weighted by Gasteiger charge is -2.56. The van der Waals surface area contributed by atoms with Crippen LogP contribution in [0.15, 0.2) is 12.1 Å². The van der Waals surface area contributed by atoms with E-state index < -0.39 is 41.1 Å². The van der Waals surface area contributed by atoms with Gasteiger partial charge in [-0.25, -0.2) is 13.2 Å². The zero-order chi connectivity index (χ0) is 20.1. The molecular weight excluding hydrogens is 371 g/mol. The number of hydrogen-bond donors (Lipinski definition) is 1. The van der Waals surface area contributed by atoms with Gasteiger partial charge in [0.05, 0.1) is 12.1 Å². The molecule has 1 aromatic rings. The predicted octanol–water partition coefficient (Wildman–Crippen LogP) is 4.58. The summed E-state index contributed by atoms with van der Waals surface area (Å²) in [6.07, 6.45) is 6.10. The normalized spacial score (nSPS) is 31.5. The fourth-order valence-electron chi connectivity index (χ4n) is 5.96. The molecule has 0 unspecified atom stereocenters. The molecule has 4 fully saturated rings. The topological polar surface area (TPSA) is 55.4 Å². The summed E-state index contributed by atoms with van der Waals surface area (Å²) in [5.74, 6) is -3.60. The number of benzene rings is 1. The van der Waals surface area contributed by atoms with Crippen LogP contribution in [0.1, 0.15) is 51.9 Å². The number of halogens is 3. The van der Waals surface area contributed by atoms with Gasteiger partial charge in [-0.1, -0.05) is 0 Å². The highest BCUT2D eigenvalue weighted by atomic mass is 19.2. The van der Waals surface area contributed by atoms with Gasteiger partial charge >= 0.3 is 5.97 Å². The second-order valence-electron chi connectivity index (χ2n) is 8.94. The molecule has 1 N–H and O–H groups in total. The maximum Gasteiger partial charge on any atom is 0.307 e. The van der Waals surface area contributed by atoms with E-state index in [0.717, 1.165) is 31.4 Å². The van der Waals surface area contributed by atoms with E-state index in [1.165, 1.54) is 26.2 Å². The predicted molar refractivity (Wildman–Crippen MR) is 95.7 cm³/mol. The molecule has 1 amide bonds. The van der Waals surface area contributed by atoms with Gasteiger partial charge in [-0.05, 0) is 80.8 Å². The first-order chi connectivity index (χ1) is 13.2. The van der Waals surface area contributed by atoms with Crippen LogP contribution in [0.3, 0.4) is 0 Å². The van der Waals surface area contributed by atoms with Crippen LogP contribution in [-0.2, 0) is 14.3 Å². The number of rotatable bonds is 5. The molecular formula is C21H24F3NO3. The molecule has 1 atom stereocenters. The lowest BCUT2D eigenvalue weighted by molar-refractivity contribution is -0.160. The first-order valence-electron chi connectivity index (χ1n) is 9.88. The van der Waals surface area contributed by atoms with E-state index in [1.807, 2.05) is 0 Å². The summed E-state index contributed by atoms with van der Waals surface area (Å²) in [6, 6.07) is 1.65. The molecule has 28 heavy (non-hydrogen) atoms. The molecule has 4 nitrogen and oxygen atoms in total. The van der Waals surface area contributed by atoms with Crippen molar-refractivity contribution in [2.24, 2.45) is 23.2 Å². The Balaban J connectivity index is 1.34. The van der Waals surface area contributed by atoms with Crippen LogP contribution >= 0.6 is 0 Å². The summed E-state index contributed by atoms with van der Waals surface area (Å²) < 4.78 is 45.2. The molecule has 4 saturated carbocycles. The van der Waals surface area contributed by atoms with Crippen molar-refractivity contribution in [2.45, 2.75) is 58.0 Å². The number of carbonyl (C=O) groups excluding carboxylic acids is 2. The van der Waals surface area contributed by atoms with Gasteiger partial charge in [0.2, 0.25) is 0 Å². The standard InChI is InChI=1S/C21H24F3NO3/c1-11(20(27)25-16-3-2-15(22)18(23)19(16)24)28-17(26)10-21-7-12-4-13(8-21)6-14(5-12)9-21/h2-3,11-14H,4-10H2,1H3,(H,25,27)/t11-,12?,13?,14?,21?/m0/s1. The maximum absolute atomic E-state index is 13.7. The highest BCUT2D eigenvalue weighted by Crippen LogP contribution is 2.61. The molecule has 0 radical (unpaired) electrons. The average Bonchev–Trinajstić information content (AvgIpc) is 2.60. The number of esters is 1. The molecule has 4 bridgehead atoms. The monoisotopic (exact) mass is 395 g/mol. The first kappa shape index (κ1) is 19.3. The molecule has 0 saturated heterocycles. The number of hydrogen-bond acceptors (Lipinski definition) is 3. The quantitative estimate of drug-likeness (QED) is 0.587. The third-order valence-electron chi connectivity index (χ3n) is 6.65. The minimum absolute atomic E-state index is 0.00573. The maximum atomic E-state index is 13.7. The molecule has 1 aromatic carbocycles. The molecule has 0 aliphatic heterocycles. The van der Waals surface area contributed by atoms with Gasteiger partial charge in [-0.15, -0.1) is 0 Å². The zero-order valence-corrected chi connectivity index (χ0v) is 15.8. The average molecular weight is 395 g/mol. The van der Waals surface area contributed by atoms with E-state index >= 15 is 0 Å². The van der Waals surface area contributed by atoms with E-state index in [4.69, 9.17) is 4.74 Å². The first-order valence-corrected chi connectivity index (χ1v) is 9.88. The van der Waals surface area contributed by atoms with E-state index in [9.17, 15) is 22.8 Å². The second-order valence-corrected chi connectivity index (χ2v) is 8.94. The van der Waals surface area contributed by atoms with Crippen molar-refractivity contribution in [2.75, 3.05) is 5.32 Å². The van der Waals surface area contributed by atoms with Crippen LogP contribution in [0, 0.1) is 40.6 Å². The van der Waals surface area contributed by atoms with Crippen LogP contribution in [0.25, 0.3) is 0 Å². The van der Waals surface area contributed by atoms with Crippen molar-refractivity contribution in [1.29, 1.82) is 0 Å². The van der Waals surface area contributed by atoms with Gasteiger partial charge in [0.15, 0.2) is 23.6 Å². The summed E-state index contributed by atoms with van der Waals surface area (Å²) >= 11 is 0. The van der Waals surface area contributed by atoms with Gasteiger partial charge in [-0.3, -0.25) is 9.59 Å². The highest BCUT2D eigenvalue weighted by Gasteiger charge is 2.51. The number of ether oxygens (including phenoxy) is 1. The van der Waals surface area contributed by atoms with Crippen molar-refractivity contribution >= 4 is 17.6 Å². The summed E-state index contributed by atoms with van der Waals surface area (Å²) in [6.45, 7) is 1.38. The number of carbonyl (C=O) groups is 2. The Morgan fingerprint density at radius 3 is 2.21 bits per heavy atom. The molecule has 7 heteroatoms. The lowest BCUT2D eigenvalue weighted by Crippen LogP contribution is -2.47. The van der Waals surface area contributed by atoms with E-state index in [2.05, 4.69) is 5.32 Å². The van der Waals surface area contributed by atoms with E-state index in [0.29, 0.717) is 24.2 Å². The minimum atomic E-state index is -1.66. The Labute approximate surface area is 161 Å². The highest BCUT2D eigenvalue weighted by molar-refractivity contribution is 5.95. The Kier molecular flexibility index (Phi) is 4.88. The third-order valence-corrected chi connectivity index (χ3v) is 6.65. The van der Waals surface area contributed by atoms with Crippen molar-refractivity contribution in [3.8, 4) is 0 Å². The number of nitrogens with one attached hydrogen (secondary N) is 1. The fourth-order valence-corrected chi connectivity index (χ4v) is 5.96. The van der Waals surface area contributed by atoms with Crippen LogP contribution < -0.4 is 5.32 Å². The van der Waals surface area contributed by atoms with Crippen LogP contribution in [-0.4, -0.2) is 18.0 Å². The van der Waals surface area contributed by atoms with Crippen LogP contribution in [0.2, 0.25) is 0 Å². The lowest BCUT2D eigenvalue weighted by atomic mass is 9.49. The fraction of sp³-hybridized carbons (Fsp3) is 0.619. The van der Waals surface area contributed by atoms with Gasteiger partial charge < -0.3 is 10.1 Å². The number of anilines is 1. The Bertz CT molecular complexity index is 775. The summed E-state index contributed by atoms with van der Waals surface area (Å²) in [7, 11) is 0. The van der Waals surface area contributed by atoms with Gasteiger partial charge in [0.1, 0.15) is 0 Å². The Morgan fingerprint density at radius 1 is 1.07 bits per heavy atom. The zero-order valence-electron chi connectivity index (χ0n) is 15.8. The van der Waals surface area contributed by atoms with Gasteiger partial charge in [0, 0.05) is 0 Å². The third kappa shape index (κ3) is 3.63. The summed E-state index contributed by atoms with van der Waals surface area (Å²) in [5.41, 5.74) is -0.498. The summed E-state index contributed by atoms with van der Waals surface area (Å²) in [4.78, 5) is 24.7. The molecule has 0 heterocycles. The van der Waals surface area contributed by atoms with Gasteiger partial charge in [-0.2, -0.15) is 0 Å². The molecule has 0 aromatic heterocycles. The smallest absolute Gasteiger partial charge is 0.307 e. The minimum Gasteiger partial charge on any atom is -0.453 e. The SMILES string of the molecule is C[C@H](OC(=O)CC12CC3CC(CC(C3)C1)C2)C(=O)Nc1ccc(F)c(F)c1F. The second kappa shape index (κ2) is 7.08. The Hall–Kier alpha value is -2.05. The van der Waals surface area contributed by atoms with E-state index in [1.54, 1.807) is 0 Å². The van der Waals surface area contributed by atoms with E-state index in [-0.39, 0.29) is 5.41 Å². The largest absolute Gasteiger partial charge is 0.453 e. The molecule has 0 spiro atoms. The Morgan fingerprint density at radius 2 is 1.64 bits per heavy atom. The summed E-state index contributed by atoms with van der Waals surface area (Å²) in [5, 5.41) is 2.15.